The highest BCUT2D eigenvalue weighted by Crippen LogP contribution is 2.15. The first-order valence-corrected chi connectivity index (χ1v) is 18.7. The number of hydrogen-bond acceptors (Lipinski definition) is 7. The summed E-state index contributed by atoms with van der Waals surface area (Å²) in [5.74, 6) is 0. The van der Waals surface area contributed by atoms with Gasteiger partial charge in [0.05, 0.1) is 0 Å². The Kier molecular flexibility index (Phi) is 7.41. The normalized spacial score (nSPS) is 18.6. The zero-order valence-corrected chi connectivity index (χ0v) is 14.8. The van der Waals surface area contributed by atoms with Crippen LogP contribution in [0.15, 0.2) is 0 Å². The van der Waals surface area contributed by atoms with Gasteiger partial charge in [-0.05, 0) is 6.55 Å². The average Bonchev–Trinajstić information content (AvgIpc) is 2.24. The first kappa shape index (κ1) is 16.2. The summed E-state index contributed by atoms with van der Waals surface area (Å²) in [6.07, 6.45) is 0. The maximum Gasteiger partial charge on any atom is 0.418 e. The van der Waals surface area contributed by atoms with Crippen molar-refractivity contribution in [2.45, 2.75) is 6.55 Å². The number of hydrogen-bond donors (Lipinski definition) is 6. The molecule has 15 heavy (non-hydrogen) atoms. The van der Waals surface area contributed by atoms with Crippen LogP contribution in [0.3, 0.4) is 0 Å². The highest BCUT2D eigenvalue weighted by molar-refractivity contribution is 7.92. The fourth-order valence-electron chi connectivity index (χ4n) is 0.922. The minimum Gasteiger partial charge on any atom is -0.435 e. The quantitative estimate of drug-likeness (QED) is 0.256. The van der Waals surface area contributed by atoms with Crippen LogP contribution in [0.5, 0.6) is 0 Å². The van der Waals surface area contributed by atoms with Gasteiger partial charge in [0, 0.05) is 0 Å². The molecule has 14 heteroatoms. The van der Waals surface area contributed by atoms with Crippen molar-refractivity contribution in [2.75, 3.05) is 0 Å². The lowest BCUT2D eigenvalue weighted by Gasteiger charge is -2.38. The van der Waals surface area contributed by atoms with Crippen molar-refractivity contribution in [1.29, 1.82) is 0 Å². The van der Waals surface area contributed by atoms with Gasteiger partial charge in [0.2, 0.25) is 41.6 Å². The van der Waals surface area contributed by atoms with Crippen molar-refractivity contribution in [2.24, 2.45) is 0 Å². The minimum absolute atomic E-state index is 0.848. The van der Waals surface area contributed by atoms with Gasteiger partial charge in [-0.25, -0.2) is 0 Å². The van der Waals surface area contributed by atoms with E-state index in [1.54, 1.807) is 0 Å². The molecule has 6 N–H and O–H groups in total. The van der Waals surface area contributed by atoms with E-state index in [-0.39, 0.29) is 0 Å². The first-order chi connectivity index (χ1) is 6.94. The second-order valence-corrected chi connectivity index (χ2v) is 36.0. The van der Waals surface area contributed by atoms with Crippen molar-refractivity contribution in [3.63, 3.8) is 0 Å². The molecule has 0 spiro atoms. The maximum absolute atomic E-state index is 10.1. The van der Waals surface area contributed by atoms with Gasteiger partial charge in [0.25, 0.3) is 0 Å². The van der Waals surface area contributed by atoms with E-state index < -0.39 is 60.1 Å². The predicted molar refractivity (Wildman–Crippen MR) is 61.9 cm³/mol. The van der Waals surface area contributed by atoms with Crippen LogP contribution in [0.25, 0.3) is 0 Å². The minimum atomic E-state index is -3.56. The number of rotatable bonds is 7. The summed E-state index contributed by atoms with van der Waals surface area (Å²) in [6, 6.07) is 0. The van der Waals surface area contributed by atoms with Gasteiger partial charge in [-0.2, -0.15) is 0 Å². The Morgan fingerprint density at radius 3 is 1.73 bits per heavy atom. The van der Waals surface area contributed by atoms with Crippen molar-refractivity contribution in [3.05, 3.63) is 0 Å². The molecule has 0 aromatic rings. The lowest BCUT2D eigenvalue weighted by atomic mass is 11.9. The maximum atomic E-state index is 10.1. The van der Waals surface area contributed by atoms with Crippen LogP contribution in [0.4, 0.5) is 0 Å². The van der Waals surface area contributed by atoms with E-state index in [1.165, 1.54) is 6.55 Å². The second kappa shape index (κ2) is 6.85. The Morgan fingerprint density at radius 2 is 1.53 bits per heavy atom. The molecule has 8 radical (unpaired) electrons. The molecular weight excluding hydrogens is 321 g/mol. The van der Waals surface area contributed by atoms with E-state index in [2.05, 4.69) is 0 Å². The SMILES string of the molecule is C[SiH](O)[Si](O[Si]O)([Si]O)[Si](O)([Si]O)[Si]O. The van der Waals surface area contributed by atoms with E-state index in [9.17, 15) is 14.4 Å². The van der Waals surface area contributed by atoms with E-state index in [4.69, 9.17) is 18.5 Å². The summed E-state index contributed by atoms with van der Waals surface area (Å²) >= 11 is 0. The van der Waals surface area contributed by atoms with Crippen LogP contribution in [0.1, 0.15) is 0 Å². The van der Waals surface area contributed by atoms with Crippen molar-refractivity contribution in [1.82, 2.24) is 0 Å². The molecule has 0 aromatic carbocycles. The fourth-order valence-corrected chi connectivity index (χ4v) is 48.4. The Morgan fingerprint density at radius 1 is 1.07 bits per heavy atom. The Balaban J connectivity index is 5.20. The Hall–Kier alpha value is 1.24. The van der Waals surface area contributed by atoms with Gasteiger partial charge in [-0.3, -0.25) is 0 Å². The van der Waals surface area contributed by atoms with Gasteiger partial charge in [-0.1, -0.05) is 0 Å². The summed E-state index contributed by atoms with van der Waals surface area (Å²) in [4.78, 5) is 55.9. The van der Waals surface area contributed by atoms with Crippen LogP contribution in [0.2, 0.25) is 6.55 Å². The summed E-state index contributed by atoms with van der Waals surface area (Å²) in [5, 5.41) is 0. The second-order valence-electron chi connectivity index (χ2n) is 2.65. The molecule has 0 aromatic heterocycles. The first-order valence-electron chi connectivity index (χ1n) is 3.65. The Labute approximate surface area is 99.6 Å². The topological polar surface area (TPSA) is 131 Å². The zero-order chi connectivity index (χ0) is 12.1. The van der Waals surface area contributed by atoms with Crippen LogP contribution >= 0.6 is 0 Å². The van der Waals surface area contributed by atoms with Gasteiger partial charge in [0.1, 0.15) is 0 Å². The van der Waals surface area contributed by atoms with Gasteiger partial charge < -0.3 is 32.9 Å². The molecule has 7 nitrogen and oxygen atoms in total. The summed E-state index contributed by atoms with van der Waals surface area (Å²) in [6.45, 7) is -5.45. The molecule has 0 bridgehead atoms. The highest BCUT2D eigenvalue weighted by atomic mass is 30.2. The lowest BCUT2D eigenvalue weighted by Crippen LogP contribution is -2.82. The molecular formula is CH10O7Si7. The zero-order valence-electron chi connectivity index (χ0n) is 7.67. The third kappa shape index (κ3) is 3.12. The predicted octanol–water partition coefficient (Wildman–Crippen LogP) is -5.76. The fraction of sp³-hybridized carbons (Fsp3) is 1.00. The van der Waals surface area contributed by atoms with E-state index in [1.807, 2.05) is 0 Å². The van der Waals surface area contributed by atoms with Crippen LogP contribution in [-0.2, 0) is 4.12 Å². The van der Waals surface area contributed by atoms with Crippen molar-refractivity contribution in [3.8, 4) is 0 Å². The molecule has 0 aliphatic rings. The lowest BCUT2D eigenvalue weighted by molar-refractivity contribution is 0.450. The van der Waals surface area contributed by atoms with Crippen molar-refractivity contribution < 1.29 is 32.9 Å². The van der Waals surface area contributed by atoms with E-state index in [0.29, 0.717) is 0 Å². The van der Waals surface area contributed by atoms with Crippen LogP contribution in [0, 0.1) is 0 Å². The van der Waals surface area contributed by atoms with Gasteiger partial charge >= 0.3 is 10.0 Å². The van der Waals surface area contributed by atoms with Gasteiger partial charge in [-0.15, -0.1) is 0 Å². The third-order valence-corrected chi connectivity index (χ3v) is 56.4. The smallest absolute Gasteiger partial charge is 0.418 e. The summed E-state index contributed by atoms with van der Waals surface area (Å²) in [5.41, 5.74) is 0. The molecule has 0 fully saturated rings. The molecule has 0 rings (SSSR count). The van der Waals surface area contributed by atoms with Crippen LogP contribution < -0.4 is 0 Å². The molecule has 0 amide bonds. The summed E-state index contributed by atoms with van der Waals surface area (Å²) < 4.78 is 4.99. The highest BCUT2D eigenvalue weighted by Gasteiger charge is 2.63. The monoisotopic (exact) mass is 330 g/mol. The van der Waals surface area contributed by atoms with Crippen LogP contribution in [-0.4, -0.2) is 88.9 Å². The van der Waals surface area contributed by atoms with Crippen molar-refractivity contribution >= 4 is 60.1 Å². The summed E-state index contributed by atoms with van der Waals surface area (Å²) in [7, 11) is -6.24. The molecule has 0 heterocycles. The van der Waals surface area contributed by atoms with Gasteiger partial charge in [0.15, 0.2) is 8.56 Å². The standard InChI is InChI=1S/CH10O7Si7/c1-13(6)15(12-5,8-9-2)14(7,10-3)11-4/h2-7,13H,1H3. The molecule has 0 saturated heterocycles. The molecule has 2 unspecified atom stereocenters. The van der Waals surface area contributed by atoms with E-state index in [0.717, 1.165) is 0 Å². The van der Waals surface area contributed by atoms with E-state index >= 15 is 0 Å². The largest absolute Gasteiger partial charge is 0.435 e. The molecule has 84 valence electrons. The molecule has 0 aliphatic carbocycles. The average molecular weight is 331 g/mol. The molecule has 0 saturated carbocycles. The third-order valence-electron chi connectivity index (χ3n) is 1.82. The molecule has 2 atom stereocenters. The Bertz CT molecular complexity index is 184. The molecule has 0 aliphatic heterocycles.